The SMILES string of the molecule is CC1CC(OCc2c(-c3c(Cl)cccc3Cl)noc2C2CC2)CC(CO)C1(N=O)c1nc2c(F)cc(C(=O)N=O)cc2s1. The van der Waals surface area contributed by atoms with Crippen molar-refractivity contribution in [2.45, 2.75) is 56.8 Å². The van der Waals surface area contributed by atoms with Crippen molar-refractivity contribution in [3.05, 3.63) is 77.9 Å². The molecule has 224 valence electrons. The fraction of sp³-hybridized carbons (Fsp3) is 0.414. The number of fused-ring (bicyclic) bond motifs is 1. The van der Waals surface area contributed by atoms with Crippen LogP contribution in [-0.4, -0.2) is 33.9 Å². The number of thiazole rings is 1. The van der Waals surface area contributed by atoms with Gasteiger partial charge in [-0.05, 0) is 55.9 Å². The van der Waals surface area contributed by atoms with Crippen molar-refractivity contribution < 1.29 is 23.6 Å². The zero-order chi connectivity index (χ0) is 30.5. The highest BCUT2D eigenvalue weighted by molar-refractivity contribution is 7.18. The molecule has 0 spiro atoms. The first-order valence-corrected chi connectivity index (χ1v) is 15.3. The van der Waals surface area contributed by atoms with Crippen LogP contribution in [0.5, 0.6) is 0 Å². The van der Waals surface area contributed by atoms with Crippen LogP contribution in [0.1, 0.15) is 65.2 Å². The summed E-state index contributed by atoms with van der Waals surface area (Å²) in [5.41, 5.74) is 0.0922. The fourth-order valence-electron chi connectivity index (χ4n) is 6.09. The van der Waals surface area contributed by atoms with Crippen LogP contribution in [0.4, 0.5) is 4.39 Å². The van der Waals surface area contributed by atoms with Gasteiger partial charge in [0.1, 0.15) is 22.0 Å². The maximum Gasteiger partial charge on any atom is 0.316 e. The molecule has 1 N–H and O–H groups in total. The van der Waals surface area contributed by atoms with Crippen LogP contribution in [-0.2, 0) is 16.9 Å². The summed E-state index contributed by atoms with van der Waals surface area (Å²) in [6, 6.07) is 7.41. The average Bonchev–Trinajstić information content (AvgIpc) is 3.61. The third kappa shape index (κ3) is 5.18. The summed E-state index contributed by atoms with van der Waals surface area (Å²) < 4.78 is 27.3. The zero-order valence-electron chi connectivity index (χ0n) is 22.8. The number of rotatable bonds is 9. The van der Waals surface area contributed by atoms with E-state index >= 15 is 0 Å². The molecule has 4 unspecified atom stereocenters. The summed E-state index contributed by atoms with van der Waals surface area (Å²) in [5, 5.41) is 21.7. The predicted molar refractivity (Wildman–Crippen MR) is 159 cm³/mol. The molecule has 2 aromatic heterocycles. The Morgan fingerprint density at radius 2 is 1.98 bits per heavy atom. The van der Waals surface area contributed by atoms with E-state index in [1.807, 2.05) is 6.92 Å². The van der Waals surface area contributed by atoms with Gasteiger partial charge in [0.2, 0.25) is 0 Å². The Hall–Kier alpha value is -3.16. The number of aromatic nitrogens is 2. The molecule has 14 heteroatoms. The standard InChI is InChI=1S/C29H25Cl2FN4O6S/c1-13-7-17(41-12-18-24(35-42-26(18)14-5-6-14)23-19(30)3-2-4-20(23)31)10-16(11-37)29(13,36-40)28-33-25-21(32)8-15(27(38)34-39)9-22(25)43-28/h2-4,8-9,13-14,16-17,37H,5-7,10-12H2,1H3. The number of carbonyl (C=O) groups is 1. The van der Waals surface area contributed by atoms with Gasteiger partial charge >= 0.3 is 5.91 Å². The van der Waals surface area contributed by atoms with Gasteiger partial charge in [-0.1, -0.05) is 46.5 Å². The Morgan fingerprint density at radius 1 is 1.23 bits per heavy atom. The summed E-state index contributed by atoms with van der Waals surface area (Å²) in [4.78, 5) is 39.5. The van der Waals surface area contributed by atoms with Crippen LogP contribution in [0.2, 0.25) is 10.0 Å². The molecule has 2 heterocycles. The van der Waals surface area contributed by atoms with Gasteiger partial charge in [-0.2, -0.15) is 0 Å². The molecule has 0 radical (unpaired) electrons. The molecule has 4 aromatic rings. The molecule has 43 heavy (non-hydrogen) atoms. The lowest BCUT2D eigenvalue weighted by Gasteiger charge is -2.44. The van der Waals surface area contributed by atoms with Gasteiger partial charge < -0.3 is 14.4 Å². The molecule has 2 fully saturated rings. The first kappa shape index (κ1) is 29.9. The van der Waals surface area contributed by atoms with E-state index in [1.165, 1.54) is 6.07 Å². The molecule has 0 saturated heterocycles. The maximum absolute atomic E-state index is 14.9. The van der Waals surface area contributed by atoms with Gasteiger partial charge in [0.25, 0.3) is 0 Å². The number of amides is 1. The fourth-order valence-corrected chi connectivity index (χ4v) is 8.01. The van der Waals surface area contributed by atoms with Crippen molar-refractivity contribution in [3.63, 3.8) is 0 Å². The number of aliphatic hydroxyl groups excluding tert-OH is 1. The van der Waals surface area contributed by atoms with Crippen molar-refractivity contribution in [1.82, 2.24) is 10.1 Å². The van der Waals surface area contributed by atoms with Crippen LogP contribution in [0, 0.1) is 27.5 Å². The average molecular weight is 648 g/mol. The lowest BCUT2D eigenvalue weighted by Crippen LogP contribution is -2.48. The first-order valence-electron chi connectivity index (χ1n) is 13.7. The lowest BCUT2D eigenvalue weighted by atomic mass is 9.66. The van der Waals surface area contributed by atoms with Gasteiger partial charge in [-0.25, -0.2) is 9.37 Å². The molecule has 2 aromatic carbocycles. The Labute approximate surface area is 258 Å². The van der Waals surface area contributed by atoms with E-state index in [-0.39, 0.29) is 45.8 Å². The monoisotopic (exact) mass is 646 g/mol. The van der Waals surface area contributed by atoms with E-state index in [9.17, 15) is 24.1 Å². The van der Waals surface area contributed by atoms with Crippen LogP contribution >= 0.6 is 34.5 Å². The molecule has 2 aliphatic rings. The summed E-state index contributed by atoms with van der Waals surface area (Å²) in [5.74, 6) is -2.12. The minimum Gasteiger partial charge on any atom is -0.396 e. The highest BCUT2D eigenvalue weighted by Crippen LogP contribution is 2.52. The largest absolute Gasteiger partial charge is 0.396 e. The molecule has 0 aliphatic heterocycles. The number of benzene rings is 2. The maximum atomic E-state index is 14.9. The number of carbonyl (C=O) groups excluding carboxylic acids is 1. The quantitative estimate of drug-likeness (QED) is 0.182. The molecular weight excluding hydrogens is 622 g/mol. The number of ether oxygens (including phenoxy) is 1. The molecule has 2 saturated carbocycles. The van der Waals surface area contributed by atoms with E-state index in [0.717, 1.165) is 41.6 Å². The van der Waals surface area contributed by atoms with E-state index in [0.29, 0.717) is 27.7 Å². The lowest BCUT2D eigenvalue weighted by molar-refractivity contribution is -0.0563. The van der Waals surface area contributed by atoms with Gasteiger partial charge in [-0.15, -0.1) is 21.2 Å². The van der Waals surface area contributed by atoms with Gasteiger partial charge in [0, 0.05) is 40.3 Å². The molecule has 2 aliphatic carbocycles. The number of nitroso groups, excluding NO2 is 2. The van der Waals surface area contributed by atoms with Crippen LogP contribution in [0.3, 0.4) is 0 Å². The molecule has 0 bridgehead atoms. The van der Waals surface area contributed by atoms with Crippen molar-refractivity contribution >= 4 is 50.7 Å². The Morgan fingerprint density at radius 3 is 2.63 bits per heavy atom. The van der Waals surface area contributed by atoms with E-state index in [4.69, 9.17) is 32.5 Å². The van der Waals surface area contributed by atoms with Crippen molar-refractivity contribution in [3.8, 4) is 11.3 Å². The van der Waals surface area contributed by atoms with Gasteiger partial charge in [0.15, 0.2) is 11.4 Å². The van der Waals surface area contributed by atoms with Crippen LogP contribution in [0.25, 0.3) is 21.5 Å². The highest BCUT2D eigenvalue weighted by Gasteiger charge is 2.54. The summed E-state index contributed by atoms with van der Waals surface area (Å²) in [6.45, 7) is 1.57. The molecule has 10 nitrogen and oxygen atoms in total. The second kappa shape index (κ2) is 11.7. The number of aliphatic hydroxyl groups is 1. The molecule has 4 atom stereocenters. The third-order valence-electron chi connectivity index (χ3n) is 8.46. The van der Waals surface area contributed by atoms with Crippen molar-refractivity contribution in [2.24, 2.45) is 22.2 Å². The third-order valence-corrected chi connectivity index (χ3v) is 10.2. The Kier molecular flexibility index (Phi) is 8.16. The van der Waals surface area contributed by atoms with E-state index in [2.05, 4.69) is 20.5 Å². The predicted octanol–water partition coefficient (Wildman–Crippen LogP) is 7.77. The van der Waals surface area contributed by atoms with Gasteiger partial charge in [-0.3, -0.25) is 4.79 Å². The van der Waals surface area contributed by atoms with E-state index < -0.39 is 35.7 Å². The Bertz CT molecular complexity index is 1720. The van der Waals surface area contributed by atoms with Crippen LogP contribution < -0.4 is 0 Å². The number of hydrogen-bond acceptors (Lipinski definition) is 10. The van der Waals surface area contributed by atoms with Crippen LogP contribution in [0.15, 0.2) is 45.2 Å². The summed E-state index contributed by atoms with van der Waals surface area (Å²) >= 11 is 14.0. The van der Waals surface area contributed by atoms with Crippen molar-refractivity contribution in [1.29, 1.82) is 0 Å². The number of hydrogen-bond donors (Lipinski definition) is 1. The molecule has 1 amide bonds. The summed E-state index contributed by atoms with van der Waals surface area (Å²) in [7, 11) is 0. The van der Waals surface area contributed by atoms with Crippen molar-refractivity contribution in [2.75, 3.05) is 6.61 Å². The normalized spacial score (nSPS) is 23.9. The smallest absolute Gasteiger partial charge is 0.316 e. The number of nitrogens with zero attached hydrogens (tertiary/aromatic N) is 4. The topological polar surface area (TPSA) is 144 Å². The highest BCUT2D eigenvalue weighted by atomic mass is 35.5. The molecule has 6 rings (SSSR count). The second-order valence-corrected chi connectivity index (χ2v) is 12.9. The van der Waals surface area contributed by atoms with Gasteiger partial charge in [0.05, 0.1) is 27.5 Å². The minimum atomic E-state index is -1.47. The Balaban J connectivity index is 1.28. The zero-order valence-corrected chi connectivity index (χ0v) is 25.1. The minimum absolute atomic E-state index is 0.0569. The number of halogens is 3. The summed E-state index contributed by atoms with van der Waals surface area (Å²) in [6.07, 6.45) is 2.25. The van der Waals surface area contributed by atoms with E-state index in [1.54, 1.807) is 18.2 Å². The second-order valence-electron chi connectivity index (χ2n) is 11.1. The first-order chi connectivity index (χ1) is 20.7. The molecular formula is C29H25Cl2FN4O6S.